The van der Waals surface area contributed by atoms with Gasteiger partial charge in [0.05, 0.1) is 17.3 Å². The maximum absolute atomic E-state index is 5.85. The van der Waals surface area contributed by atoms with Crippen molar-refractivity contribution in [3.8, 4) is 0 Å². The van der Waals surface area contributed by atoms with Crippen molar-refractivity contribution in [3.63, 3.8) is 0 Å². The van der Waals surface area contributed by atoms with Crippen molar-refractivity contribution in [2.75, 3.05) is 6.54 Å². The summed E-state index contributed by atoms with van der Waals surface area (Å²) in [5.74, 6) is 0. The molecule has 1 aliphatic heterocycles. The molecule has 3 heteroatoms. The minimum absolute atomic E-state index is 0.0388. The summed E-state index contributed by atoms with van der Waals surface area (Å²) in [5.41, 5.74) is 0.964. The third-order valence-electron chi connectivity index (χ3n) is 1.35. The Hall–Kier alpha value is -0.370. The smallest absolute Gasteiger partial charge is 0.0978 e. The second kappa shape index (κ2) is 2.35. The van der Waals surface area contributed by atoms with Gasteiger partial charge in [-0.1, -0.05) is 32.4 Å². The zero-order chi connectivity index (χ0) is 7.78. The van der Waals surface area contributed by atoms with Crippen LogP contribution in [0.25, 0.3) is 0 Å². The normalized spacial score (nSPS) is 18.8. The van der Waals surface area contributed by atoms with Gasteiger partial charge in [-0.25, -0.2) is 0 Å². The Bertz CT molecular complexity index is 198. The second-order valence-corrected chi connectivity index (χ2v) is 3.86. The van der Waals surface area contributed by atoms with Crippen LogP contribution in [-0.4, -0.2) is 6.54 Å². The molecule has 0 spiro atoms. The Kier molecular flexibility index (Phi) is 1.82. The van der Waals surface area contributed by atoms with Gasteiger partial charge in [0, 0.05) is 5.41 Å². The van der Waals surface area contributed by atoms with E-state index in [4.69, 9.17) is 11.6 Å². The lowest BCUT2D eigenvalue weighted by Gasteiger charge is -2.16. The maximum Gasteiger partial charge on any atom is 0.0978 e. The van der Waals surface area contributed by atoms with Crippen LogP contribution in [0.1, 0.15) is 20.8 Å². The van der Waals surface area contributed by atoms with Crippen LogP contribution in [0.5, 0.6) is 0 Å². The molecule has 1 rings (SSSR count). The average molecular weight is 159 g/mol. The van der Waals surface area contributed by atoms with Gasteiger partial charge in [-0.15, -0.1) is 0 Å². The van der Waals surface area contributed by atoms with Gasteiger partial charge < -0.3 is 0 Å². The molecule has 0 unspecified atom stereocenters. The number of hydrogen-bond acceptors (Lipinski definition) is 2. The van der Waals surface area contributed by atoms with Crippen LogP contribution in [0.2, 0.25) is 0 Å². The average Bonchev–Trinajstić information content (AvgIpc) is 2.11. The van der Waals surface area contributed by atoms with Crippen molar-refractivity contribution in [2.45, 2.75) is 20.8 Å². The number of hydrogen-bond donors (Lipinski definition) is 0. The van der Waals surface area contributed by atoms with Crippen LogP contribution >= 0.6 is 11.6 Å². The van der Waals surface area contributed by atoms with Crippen LogP contribution in [0.15, 0.2) is 21.0 Å². The first kappa shape index (κ1) is 7.73. The summed E-state index contributed by atoms with van der Waals surface area (Å²) in [6.45, 7) is 6.80. The molecule has 0 amide bonds. The molecular weight excluding hydrogens is 148 g/mol. The minimum atomic E-state index is 0.0388. The van der Waals surface area contributed by atoms with Gasteiger partial charge in [-0.3, -0.25) is 0 Å². The van der Waals surface area contributed by atoms with E-state index >= 15 is 0 Å². The molecule has 1 aliphatic rings. The molecule has 0 N–H and O–H groups in total. The molecular formula is C7H11ClN2. The molecule has 0 saturated carbocycles. The summed E-state index contributed by atoms with van der Waals surface area (Å²) < 4.78 is 0. The Labute approximate surface area is 66.0 Å². The number of nitrogens with zero attached hydrogens (tertiary/aromatic N) is 2. The molecule has 0 aromatic carbocycles. The number of rotatable bonds is 0. The molecule has 0 atom stereocenters. The zero-order valence-electron chi connectivity index (χ0n) is 6.48. The molecule has 0 saturated heterocycles. The molecule has 0 aromatic heterocycles. The van der Waals surface area contributed by atoms with Crippen LogP contribution in [0.3, 0.4) is 0 Å². The number of allylic oxidation sites excluding steroid dienone is 1. The molecule has 0 radical (unpaired) electrons. The lowest BCUT2D eigenvalue weighted by molar-refractivity contribution is 0.495. The number of halogens is 1. The summed E-state index contributed by atoms with van der Waals surface area (Å²) in [7, 11) is 0. The largest absolute Gasteiger partial charge is 0.183 e. The Morgan fingerprint density at radius 1 is 1.40 bits per heavy atom. The maximum atomic E-state index is 5.85. The second-order valence-electron chi connectivity index (χ2n) is 3.40. The Balaban J connectivity index is 2.91. The highest BCUT2D eigenvalue weighted by atomic mass is 35.5. The fourth-order valence-corrected chi connectivity index (χ4v) is 1.23. The van der Waals surface area contributed by atoms with E-state index in [-0.39, 0.29) is 5.41 Å². The SMILES string of the molecule is CC(C)(C)C1=C(Cl)CN=N1. The van der Waals surface area contributed by atoms with Gasteiger partial charge in [0.25, 0.3) is 0 Å². The summed E-state index contributed by atoms with van der Waals surface area (Å²) in [6, 6.07) is 0. The van der Waals surface area contributed by atoms with E-state index in [9.17, 15) is 0 Å². The van der Waals surface area contributed by atoms with E-state index in [2.05, 4.69) is 31.0 Å². The van der Waals surface area contributed by atoms with Gasteiger partial charge in [-0.05, 0) is 0 Å². The summed E-state index contributed by atoms with van der Waals surface area (Å²) in [5, 5.41) is 8.58. The summed E-state index contributed by atoms with van der Waals surface area (Å²) in [6.07, 6.45) is 0. The first-order valence-corrected chi connectivity index (χ1v) is 3.66. The van der Waals surface area contributed by atoms with E-state index in [1.54, 1.807) is 0 Å². The lowest BCUT2D eigenvalue weighted by Crippen LogP contribution is -2.07. The predicted octanol–water partition coefficient (Wildman–Crippen LogP) is 2.95. The third-order valence-corrected chi connectivity index (χ3v) is 1.65. The van der Waals surface area contributed by atoms with E-state index in [1.165, 1.54) is 0 Å². The highest BCUT2D eigenvalue weighted by molar-refractivity contribution is 6.30. The van der Waals surface area contributed by atoms with Crippen molar-refractivity contribution < 1.29 is 0 Å². The molecule has 0 fully saturated rings. The first-order chi connectivity index (χ1) is 4.52. The Morgan fingerprint density at radius 3 is 2.20 bits per heavy atom. The molecule has 0 aromatic rings. The minimum Gasteiger partial charge on any atom is -0.183 e. The molecule has 1 heterocycles. The van der Waals surface area contributed by atoms with Gasteiger partial charge in [0.15, 0.2) is 0 Å². The summed E-state index contributed by atoms with van der Waals surface area (Å²) >= 11 is 5.85. The van der Waals surface area contributed by atoms with Crippen molar-refractivity contribution in [2.24, 2.45) is 15.6 Å². The zero-order valence-corrected chi connectivity index (χ0v) is 7.24. The van der Waals surface area contributed by atoms with Crippen molar-refractivity contribution in [1.29, 1.82) is 0 Å². The summed E-state index contributed by atoms with van der Waals surface area (Å²) in [4.78, 5) is 0. The van der Waals surface area contributed by atoms with Crippen LogP contribution in [0.4, 0.5) is 0 Å². The van der Waals surface area contributed by atoms with Gasteiger partial charge in [0.2, 0.25) is 0 Å². The first-order valence-electron chi connectivity index (χ1n) is 3.28. The molecule has 2 nitrogen and oxygen atoms in total. The van der Waals surface area contributed by atoms with Crippen LogP contribution < -0.4 is 0 Å². The van der Waals surface area contributed by atoms with Gasteiger partial charge in [-0.2, -0.15) is 10.2 Å². The fraction of sp³-hybridized carbons (Fsp3) is 0.714. The fourth-order valence-electron chi connectivity index (χ4n) is 0.854. The van der Waals surface area contributed by atoms with Gasteiger partial charge >= 0.3 is 0 Å². The number of azo groups is 1. The molecule has 0 aliphatic carbocycles. The highest BCUT2D eigenvalue weighted by Crippen LogP contribution is 2.33. The van der Waals surface area contributed by atoms with E-state index < -0.39 is 0 Å². The monoisotopic (exact) mass is 158 g/mol. The Morgan fingerprint density at radius 2 is 2.00 bits per heavy atom. The third kappa shape index (κ3) is 1.37. The molecule has 0 bridgehead atoms. The molecule has 56 valence electrons. The lowest BCUT2D eigenvalue weighted by atomic mass is 9.92. The standard InChI is InChI=1S/C7H11ClN2/c1-7(2,3)6-5(8)4-9-10-6/h4H2,1-3H3. The van der Waals surface area contributed by atoms with Crippen molar-refractivity contribution in [1.82, 2.24) is 0 Å². The van der Waals surface area contributed by atoms with E-state index in [0.717, 1.165) is 10.7 Å². The topological polar surface area (TPSA) is 24.7 Å². The quantitative estimate of drug-likeness (QED) is 0.518. The van der Waals surface area contributed by atoms with E-state index in [0.29, 0.717) is 6.54 Å². The predicted molar refractivity (Wildman–Crippen MR) is 42.1 cm³/mol. The van der Waals surface area contributed by atoms with Crippen molar-refractivity contribution in [3.05, 3.63) is 10.7 Å². The van der Waals surface area contributed by atoms with Crippen LogP contribution in [0, 0.1) is 5.41 Å². The van der Waals surface area contributed by atoms with Crippen LogP contribution in [-0.2, 0) is 0 Å². The van der Waals surface area contributed by atoms with Gasteiger partial charge in [0.1, 0.15) is 0 Å². The highest BCUT2D eigenvalue weighted by Gasteiger charge is 2.23. The van der Waals surface area contributed by atoms with E-state index in [1.807, 2.05) is 0 Å². The van der Waals surface area contributed by atoms with Crippen molar-refractivity contribution >= 4 is 11.6 Å². The molecule has 10 heavy (non-hydrogen) atoms.